The summed E-state index contributed by atoms with van der Waals surface area (Å²) in [6.07, 6.45) is -2.05. The number of carbonyl (C=O) groups is 1. The predicted octanol–water partition coefficient (Wildman–Crippen LogP) is -1.69. The second-order valence-electron chi connectivity index (χ2n) is 4.88. The Morgan fingerprint density at radius 2 is 1.89 bits per heavy atom. The van der Waals surface area contributed by atoms with Crippen LogP contribution in [0.5, 0.6) is 0 Å². The third-order valence-corrected chi connectivity index (χ3v) is 3.34. The van der Waals surface area contributed by atoms with E-state index >= 15 is 0 Å². The van der Waals surface area contributed by atoms with E-state index in [4.69, 9.17) is 10.5 Å². The fourth-order valence-electron chi connectivity index (χ4n) is 2.10. The zero-order valence-electron chi connectivity index (χ0n) is 11.2. The number of nitrogens with one attached hydrogen (secondary N) is 1. The van der Waals surface area contributed by atoms with Crippen LogP contribution >= 0.6 is 0 Å². The van der Waals surface area contributed by atoms with Crippen LogP contribution in [0.3, 0.4) is 0 Å². The molecule has 112 valence electrons. The van der Waals surface area contributed by atoms with Gasteiger partial charge in [0.05, 0.1) is 12.2 Å². The van der Waals surface area contributed by atoms with E-state index in [2.05, 4.69) is 5.32 Å². The largest absolute Gasteiger partial charge is 0.389 e. The number of nitrogens with two attached hydrogens (primary N) is 1. The van der Waals surface area contributed by atoms with Crippen molar-refractivity contribution in [2.75, 3.05) is 13.1 Å². The van der Waals surface area contributed by atoms with Gasteiger partial charge in [-0.2, -0.15) is 0 Å². The molecule has 0 unspecified atom stereocenters. The number of hydrogen-bond donors (Lipinski definition) is 5. The minimum absolute atomic E-state index is 0.445. The van der Waals surface area contributed by atoms with Gasteiger partial charge in [-0.05, 0) is 26.3 Å². The van der Waals surface area contributed by atoms with Crippen molar-refractivity contribution < 1.29 is 24.9 Å². The van der Waals surface area contributed by atoms with E-state index in [1.807, 2.05) is 0 Å². The van der Waals surface area contributed by atoms with Crippen molar-refractivity contribution in [3.05, 3.63) is 0 Å². The molecule has 1 heterocycles. The number of rotatable bonds is 6. The summed E-state index contributed by atoms with van der Waals surface area (Å²) in [5.74, 6) is -1.68. The molecule has 1 aliphatic rings. The molecular weight excluding hydrogens is 252 g/mol. The maximum absolute atomic E-state index is 11.9. The molecule has 1 saturated heterocycles. The number of aliphatic hydroxyl groups is 3. The summed E-state index contributed by atoms with van der Waals surface area (Å²) in [6.45, 7) is 2.59. The number of aliphatic hydroxyl groups excluding tert-OH is 3. The van der Waals surface area contributed by atoms with Crippen molar-refractivity contribution in [2.45, 2.75) is 50.8 Å². The molecule has 1 aliphatic heterocycles. The second-order valence-corrected chi connectivity index (χ2v) is 4.88. The third kappa shape index (κ3) is 4.39. The van der Waals surface area contributed by atoms with E-state index < -0.39 is 36.4 Å². The highest BCUT2D eigenvalue weighted by Gasteiger charge is 2.45. The molecule has 1 fully saturated rings. The monoisotopic (exact) mass is 276 g/mol. The van der Waals surface area contributed by atoms with Crippen LogP contribution in [-0.4, -0.2) is 58.9 Å². The first-order valence-electron chi connectivity index (χ1n) is 6.66. The summed E-state index contributed by atoms with van der Waals surface area (Å²) in [6, 6.07) is 0. The molecule has 1 rings (SSSR count). The van der Waals surface area contributed by atoms with Crippen molar-refractivity contribution in [1.82, 2.24) is 5.32 Å². The molecule has 0 radical (unpaired) electrons. The van der Waals surface area contributed by atoms with Gasteiger partial charge in [0, 0.05) is 6.54 Å². The molecule has 0 bridgehead atoms. The van der Waals surface area contributed by atoms with E-state index in [0.717, 1.165) is 19.3 Å². The van der Waals surface area contributed by atoms with Gasteiger partial charge in [-0.1, -0.05) is 6.42 Å². The Bertz CT molecular complexity index is 289. The minimum atomic E-state index is -1.41. The number of carbonyl (C=O) groups excluding carboxylic acids is 1. The Labute approximate surface area is 112 Å². The van der Waals surface area contributed by atoms with Gasteiger partial charge in [-0.25, -0.2) is 0 Å². The molecule has 19 heavy (non-hydrogen) atoms. The standard InChI is InChI=1S/C12H24N2O5/c1-7-9(15)10(16)8(12(18)19-7)11(17)14-6-4-2-3-5-13/h7-10,12,15-16,18H,2-6,13H2,1H3,(H,14,17)/t7-,8+,9+,10-,12-/m0/s1. The molecule has 0 aromatic rings. The highest BCUT2D eigenvalue weighted by Crippen LogP contribution is 2.24. The smallest absolute Gasteiger partial charge is 0.231 e. The van der Waals surface area contributed by atoms with E-state index in [1.165, 1.54) is 6.92 Å². The lowest BCUT2D eigenvalue weighted by atomic mass is 9.90. The average molecular weight is 276 g/mol. The van der Waals surface area contributed by atoms with Crippen LogP contribution in [0.1, 0.15) is 26.2 Å². The SMILES string of the molecule is C[C@@H]1O[C@H](O)[C@@H](C(=O)NCCCCCN)[C@H](O)[C@@H]1O. The normalized spacial score (nSPS) is 35.1. The van der Waals surface area contributed by atoms with E-state index in [1.54, 1.807) is 0 Å². The fraction of sp³-hybridized carbons (Fsp3) is 0.917. The lowest BCUT2D eigenvalue weighted by Gasteiger charge is -2.38. The van der Waals surface area contributed by atoms with Crippen LogP contribution in [0, 0.1) is 5.92 Å². The second kappa shape index (κ2) is 7.76. The molecule has 0 aromatic carbocycles. The van der Waals surface area contributed by atoms with Crippen molar-refractivity contribution in [3.63, 3.8) is 0 Å². The molecular formula is C12H24N2O5. The van der Waals surface area contributed by atoms with Gasteiger partial charge in [0.25, 0.3) is 0 Å². The Hall–Kier alpha value is -0.730. The van der Waals surface area contributed by atoms with Crippen LogP contribution in [0.2, 0.25) is 0 Å². The molecule has 0 aliphatic carbocycles. The molecule has 0 spiro atoms. The molecule has 1 amide bonds. The first-order valence-corrected chi connectivity index (χ1v) is 6.66. The Morgan fingerprint density at radius 3 is 2.53 bits per heavy atom. The van der Waals surface area contributed by atoms with Crippen LogP contribution in [0.25, 0.3) is 0 Å². The number of unbranched alkanes of at least 4 members (excludes halogenated alkanes) is 2. The van der Waals surface area contributed by atoms with Crippen molar-refractivity contribution in [3.8, 4) is 0 Å². The summed E-state index contributed by atoms with van der Waals surface area (Å²) in [5, 5.41) is 31.8. The summed E-state index contributed by atoms with van der Waals surface area (Å²) in [7, 11) is 0. The maximum atomic E-state index is 11.9. The van der Waals surface area contributed by atoms with E-state index in [-0.39, 0.29) is 0 Å². The topological polar surface area (TPSA) is 125 Å². The van der Waals surface area contributed by atoms with Gasteiger partial charge >= 0.3 is 0 Å². The lowest BCUT2D eigenvalue weighted by molar-refractivity contribution is -0.254. The van der Waals surface area contributed by atoms with Gasteiger partial charge in [-0.3, -0.25) is 4.79 Å². The van der Waals surface area contributed by atoms with Gasteiger partial charge in [0.2, 0.25) is 5.91 Å². The average Bonchev–Trinajstić information content (AvgIpc) is 2.36. The molecule has 7 nitrogen and oxygen atoms in total. The van der Waals surface area contributed by atoms with Crippen LogP contribution in [-0.2, 0) is 9.53 Å². The van der Waals surface area contributed by atoms with Crippen molar-refractivity contribution in [1.29, 1.82) is 0 Å². The van der Waals surface area contributed by atoms with Crippen LogP contribution < -0.4 is 11.1 Å². The highest BCUT2D eigenvalue weighted by molar-refractivity contribution is 5.79. The predicted molar refractivity (Wildman–Crippen MR) is 68.0 cm³/mol. The molecule has 6 N–H and O–H groups in total. The Kier molecular flexibility index (Phi) is 6.67. The van der Waals surface area contributed by atoms with Crippen molar-refractivity contribution in [2.24, 2.45) is 11.7 Å². The van der Waals surface area contributed by atoms with Gasteiger partial charge in [-0.15, -0.1) is 0 Å². The summed E-state index contributed by atoms with van der Waals surface area (Å²) in [4.78, 5) is 11.9. The van der Waals surface area contributed by atoms with Gasteiger partial charge < -0.3 is 31.1 Å². The molecule has 0 saturated carbocycles. The molecule has 0 aromatic heterocycles. The molecule has 7 heteroatoms. The lowest BCUT2D eigenvalue weighted by Crippen LogP contribution is -2.58. The van der Waals surface area contributed by atoms with Crippen LogP contribution in [0.15, 0.2) is 0 Å². The first-order chi connectivity index (χ1) is 8.99. The third-order valence-electron chi connectivity index (χ3n) is 3.34. The zero-order chi connectivity index (χ0) is 14.4. The summed E-state index contributed by atoms with van der Waals surface area (Å²) in [5.41, 5.74) is 5.35. The molecule has 5 atom stereocenters. The van der Waals surface area contributed by atoms with E-state index in [0.29, 0.717) is 13.1 Å². The Morgan fingerprint density at radius 1 is 1.21 bits per heavy atom. The number of hydrogen-bond acceptors (Lipinski definition) is 6. The fourth-order valence-corrected chi connectivity index (χ4v) is 2.10. The van der Waals surface area contributed by atoms with Crippen LogP contribution in [0.4, 0.5) is 0 Å². The zero-order valence-corrected chi connectivity index (χ0v) is 11.2. The van der Waals surface area contributed by atoms with Gasteiger partial charge in [0.1, 0.15) is 12.0 Å². The highest BCUT2D eigenvalue weighted by atomic mass is 16.6. The van der Waals surface area contributed by atoms with E-state index in [9.17, 15) is 20.1 Å². The maximum Gasteiger partial charge on any atom is 0.231 e. The quantitative estimate of drug-likeness (QED) is 0.369. The first kappa shape index (κ1) is 16.3. The number of ether oxygens (including phenoxy) is 1. The van der Waals surface area contributed by atoms with Crippen molar-refractivity contribution >= 4 is 5.91 Å². The number of amides is 1. The summed E-state index contributed by atoms with van der Waals surface area (Å²) >= 11 is 0. The van der Waals surface area contributed by atoms with Gasteiger partial charge in [0.15, 0.2) is 6.29 Å². The summed E-state index contributed by atoms with van der Waals surface area (Å²) < 4.78 is 5.02. The Balaban J connectivity index is 2.42. The minimum Gasteiger partial charge on any atom is -0.389 e.